The fraction of sp³-hybridized carbons (Fsp3) is 0.286. The largest absolute Gasteiger partial charge is 0.0879 e. The van der Waals surface area contributed by atoms with E-state index in [1.807, 2.05) is 24.3 Å². The monoisotopic (exact) mass is 218 g/mol. The van der Waals surface area contributed by atoms with Gasteiger partial charge in [-0.15, -0.1) is 0 Å². The van der Waals surface area contributed by atoms with Crippen LogP contribution in [0, 0.1) is 5.92 Å². The summed E-state index contributed by atoms with van der Waals surface area (Å²) in [5.41, 5.74) is 1.22. The van der Waals surface area contributed by atoms with Crippen LogP contribution in [-0.2, 0) is 0 Å². The molecule has 1 atom stereocenters. The Bertz CT molecular complexity index is 359. The van der Waals surface area contributed by atoms with E-state index in [9.17, 15) is 0 Å². The number of hydrogen-bond donors (Lipinski definition) is 0. The Hall–Kier alpha value is -1.01. The van der Waals surface area contributed by atoms with Gasteiger partial charge in [0.25, 0.3) is 0 Å². The summed E-state index contributed by atoms with van der Waals surface area (Å²) < 4.78 is 0. The molecule has 0 saturated heterocycles. The summed E-state index contributed by atoms with van der Waals surface area (Å²) in [7, 11) is 0. The van der Waals surface area contributed by atoms with E-state index >= 15 is 0 Å². The van der Waals surface area contributed by atoms with Crippen molar-refractivity contribution in [3.05, 3.63) is 53.1 Å². The second kappa shape index (κ2) is 5.18. The summed E-state index contributed by atoms with van der Waals surface area (Å²) in [4.78, 5) is 0. The Kier molecular flexibility index (Phi) is 3.63. The number of allylic oxidation sites excluding steroid dienone is 3. The molecule has 0 nitrogen and oxygen atoms in total. The molecule has 78 valence electrons. The number of hydrogen-bond acceptors (Lipinski definition) is 0. The maximum absolute atomic E-state index is 5.83. The third-order valence-electron chi connectivity index (χ3n) is 2.70. The van der Waals surface area contributed by atoms with Gasteiger partial charge in [0, 0.05) is 5.02 Å². The molecule has 0 aromatic heterocycles. The van der Waals surface area contributed by atoms with Gasteiger partial charge in [-0.2, -0.15) is 0 Å². The van der Waals surface area contributed by atoms with E-state index in [0.717, 1.165) is 5.02 Å². The highest BCUT2D eigenvalue weighted by Gasteiger charge is 2.03. The topological polar surface area (TPSA) is 0 Å². The molecule has 0 radical (unpaired) electrons. The van der Waals surface area contributed by atoms with E-state index in [-0.39, 0.29) is 0 Å². The molecule has 0 aliphatic heterocycles. The molecule has 1 aliphatic rings. The highest BCUT2D eigenvalue weighted by Crippen LogP contribution is 2.19. The maximum atomic E-state index is 5.83. The second-order valence-electron chi connectivity index (χ2n) is 3.93. The first-order chi connectivity index (χ1) is 7.34. The average molecular weight is 219 g/mol. The van der Waals surface area contributed by atoms with Crippen LogP contribution in [0.1, 0.15) is 24.8 Å². The van der Waals surface area contributed by atoms with Gasteiger partial charge < -0.3 is 0 Å². The van der Waals surface area contributed by atoms with Gasteiger partial charge in [0.1, 0.15) is 0 Å². The molecule has 2 rings (SSSR count). The highest BCUT2D eigenvalue weighted by molar-refractivity contribution is 6.30. The zero-order valence-electron chi connectivity index (χ0n) is 8.70. The van der Waals surface area contributed by atoms with Crippen LogP contribution >= 0.6 is 11.6 Å². The molecular weight excluding hydrogens is 204 g/mol. The van der Waals surface area contributed by atoms with Crippen molar-refractivity contribution in [2.45, 2.75) is 19.3 Å². The summed E-state index contributed by atoms with van der Waals surface area (Å²) in [6.45, 7) is 0. The molecule has 1 heteroatoms. The molecule has 1 aliphatic carbocycles. The quantitative estimate of drug-likeness (QED) is 0.631. The summed E-state index contributed by atoms with van der Waals surface area (Å²) in [5, 5.41) is 0.796. The van der Waals surface area contributed by atoms with Crippen molar-refractivity contribution in [1.29, 1.82) is 0 Å². The van der Waals surface area contributed by atoms with E-state index in [4.69, 9.17) is 11.6 Å². The second-order valence-corrected chi connectivity index (χ2v) is 4.37. The average Bonchev–Trinajstić information content (AvgIpc) is 2.30. The van der Waals surface area contributed by atoms with Crippen LogP contribution in [0.4, 0.5) is 0 Å². The van der Waals surface area contributed by atoms with Crippen molar-refractivity contribution in [3.8, 4) is 0 Å². The van der Waals surface area contributed by atoms with Crippen LogP contribution in [0.5, 0.6) is 0 Å². The standard InChI is InChI=1S/C14H15Cl/c15-14-10-8-13(9-11-14)7-6-12-4-2-1-3-5-12/h2,4,6-12H,1,3,5H2. The molecule has 0 N–H and O–H groups in total. The zero-order valence-corrected chi connectivity index (χ0v) is 9.45. The Morgan fingerprint density at radius 2 is 2.00 bits per heavy atom. The van der Waals surface area contributed by atoms with Crippen LogP contribution in [0.15, 0.2) is 42.5 Å². The lowest BCUT2D eigenvalue weighted by Gasteiger charge is -2.11. The molecular formula is C14H15Cl. The first-order valence-corrected chi connectivity index (χ1v) is 5.83. The van der Waals surface area contributed by atoms with Crippen LogP contribution in [-0.4, -0.2) is 0 Å². The van der Waals surface area contributed by atoms with Crippen molar-refractivity contribution < 1.29 is 0 Å². The summed E-state index contributed by atoms with van der Waals surface area (Å²) in [5.74, 6) is 0.620. The predicted molar refractivity (Wildman–Crippen MR) is 67.0 cm³/mol. The van der Waals surface area contributed by atoms with Crippen LogP contribution in [0.25, 0.3) is 6.08 Å². The van der Waals surface area contributed by atoms with E-state index in [1.165, 1.54) is 24.8 Å². The minimum atomic E-state index is 0.620. The van der Waals surface area contributed by atoms with Crippen LogP contribution < -0.4 is 0 Å². The van der Waals surface area contributed by atoms with Gasteiger partial charge in [-0.3, -0.25) is 0 Å². The Labute approximate surface area is 96.3 Å². The highest BCUT2D eigenvalue weighted by atomic mass is 35.5. The molecule has 0 heterocycles. The SMILES string of the molecule is Clc1ccc(C=CC2C=CCCC2)cc1. The van der Waals surface area contributed by atoms with E-state index in [0.29, 0.717) is 5.92 Å². The fourth-order valence-electron chi connectivity index (χ4n) is 1.81. The van der Waals surface area contributed by atoms with Gasteiger partial charge in [-0.05, 0) is 42.9 Å². The fourth-order valence-corrected chi connectivity index (χ4v) is 1.93. The number of halogens is 1. The first-order valence-electron chi connectivity index (χ1n) is 5.45. The normalized spacial score (nSPS) is 21.0. The molecule has 1 unspecified atom stereocenters. The van der Waals surface area contributed by atoms with Crippen molar-refractivity contribution in [2.75, 3.05) is 0 Å². The molecule has 0 fully saturated rings. The molecule has 0 saturated carbocycles. The van der Waals surface area contributed by atoms with Crippen molar-refractivity contribution >= 4 is 17.7 Å². The lowest BCUT2D eigenvalue weighted by atomic mass is 9.95. The van der Waals surface area contributed by atoms with Gasteiger partial charge in [0.15, 0.2) is 0 Å². The third kappa shape index (κ3) is 3.24. The molecule has 0 amide bonds. The smallest absolute Gasteiger partial charge is 0.0406 e. The summed E-state index contributed by atoms with van der Waals surface area (Å²) >= 11 is 5.83. The Morgan fingerprint density at radius 1 is 1.20 bits per heavy atom. The van der Waals surface area contributed by atoms with Crippen molar-refractivity contribution in [2.24, 2.45) is 5.92 Å². The number of benzene rings is 1. The molecule has 0 spiro atoms. The lowest BCUT2D eigenvalue weighted by Crippen LogP contribution is -1.95. The predicted octanol–water partition coefficient (Wildman–Crippen LogP) is 4.71. The first kappa shape index (κ1) is 10.5. The molecule has 0 bridgehead atoms. The Morgan fingerprint density at radius 3 is 2.67 bits per heavy atom. The van der Waals surface area contributed by atoms with Gasteiger partial charge in [-0.25, -0.2) is 0 Å². The van der Waals surface area contributed by atoms with E-state index < -0.39 is 0 Å². The molecule has 1 aromatic carbocycles. The lowest BCUT2D eigenvalue weighted by molar-refractivity contribution is 0.632. The Balaban J connectivity index is 2.01. The van der Waals surface area contributed by atoms with Gasteiger partial charge >= 0.3 is 0 Å². The van der Waals surface area contributed by atoms with E-state index in [1.54, 1.807) is 0 Å². The molecule has 15 heavy (non-hydrogen) atoms. The summed E-state index contributed by atoms with van der Waals surface area (Å²) in [6, 6.07) is 7.95. The van der Waals surface area contributed by atoms with E-state index in [2.05, 4.69) is 24.3 Å². The molecule has 1 aromatic rings. The zero-order chi connectivity index (χ0) is 10.5. The van der Waals surface area contributed by atoms with Crippen LogP contribution in [0.3, 0.4) is 0 Å². The summed E-state index contributed by atoms with van der Waals surface area (Å²) in [6.07, 6.45) is 12.9. The van der Waals surface area contributed by atoms with Gasteiger partial charge in [0.05, 0.1) is 0 Å². The minimum absolute atomic E-state index is 0.620. The third-order valence-corrected chi connectivity index (χ3v) is 2.95. The van der Waals surface area contributed by atoms with Crippen molar-refractivity contribution in [1.82, 2.24) is 0 Å². The minimum Gasteiger partial charge on any atom is -0.0879 e. The van der Waals surface area contributed by atoms with Gasteiger partial charge in [-0.1, -0.05) is 48.0 Å². The van der Waals surface area contributed by atoms with Crippen molar-refractivity contribution in [3.63, 3.8) is 0 Å². The maximum Gasteiger partial charge on any atom is 0.0406 e. The van der Waals surface area contributed by atoms with Crippen LogP contribution in [0.2, 0.25) is 5.02 Å². The van der Waals surface area contributed by atoms with Gasteiger partial charge in [0.2, 0.25) is 0 Å². The number of rotatable bonds is 2.